The molecule has 0 saturated carbocycles. The van der Waals surface area contributed by atoms with Crippen LogP contribution in [0.1, 0.15) is 26.5 Å². The molecule has 1 heterocycles. The van der Waals surface area contributed by atoms with Gasteiger partial charge in [-0.15, -0.1) is 0 Å². The van der Waals surface area contributed by atoms with Gasteiger partial charge in [0.15, 0.2) is 11.1 Å². The van der Waals surface area contributed by atoms with Crippen molar-refractivity contribution in [3.8, 4) is 0 Å². The van der Waals surface area contributed by atoms with Crippen molar-refractivity contribution >= 4 is 33.2 Å². The van der Waals surface area contributed by atoms with Crippen LogP contribution < -0.4 is 0 Å². The van der Waals surface area contributed by atoms with Crippen molar-refractivity contribution in [2.24, 2.45) is 0 Å². The fourth-order valence-corrected chi connectivity index (χ4v) is 0.707. The van der Waals surface area contributed by atoms with Crippen molar-refractivity contribution in [2.75, 3.05) is 0 Å². The molecule has 0 aromatic carbocycles. The van der Waals surface area contributed by atoms with Crippen LogP contribution in [0.15, 0.2) is 22.8 Å². The van der Waals surface area contributed by atoms with E-state index in [1.807, 2.05) is 6.07 Å². The topological polar surface area (TPSA) is 74.0 Å². The molecule has 1 atom stereocenters. The number of aromatic nitrogens is 1. The molecular formula is C10H15BrN2O2S. The third-order valence-electron chi connectivity index (χ3n) is 1.42. The predicted molar refractivity (Wildman–Crippen MR) is 70.3 cm³/mol. The SMILES string of the molecule is CC(C)(C)S(=O)O.N=Cc1ccc(Br)cn1. The summed E-state index contributed by atoms with van der Waals surface area (Å²) in [4.78, 5) is 3.91. The summed E-state index contributed by atoms with van der Waals surface area (Å²) in [6.45, 7) is 5.13. The summed E-state index contributed by atoms with van der Waals surface area (Å²) in [5.41, 5.74) is 0.679. The molecule has 0 aliphatic carbocycles. The minimum Gasteiger partial charge on any atom is -0.307 e. The quantitative estimate of drug-likeness (QED) is 0.619. The van der Waals surface area contributed by atoms with Gasteiger partial charge < -0.3 is 9.96 Å². The second-order valence-electron chi connectivity index (χ2n) is 3.91. The second-order valence-corrected chi connectivity index (χ2v) is 6.55. The van der Waals surface area contributed by atoms with E-state index in [4.69, 9.17) is 9.96 Å². The second kappa shape index (κ2) is 6.88. The van der Waals surface area contributed by atoms with E-state index < -0.39 is 15.8 Å². The monoisotopic (exact) mass is 306 g/mol. The number of pyridine rings is 1. The van der Waals surface area contributed by atoms with Crippen molar-refractivity contribution < 1.29 is 8.76 Å². The first-order chi connectivity index (χ1) is 7.27. The van der Waals surface area contributed by atoms with Crippen LogP contribution in [0.4, 0.5) is 0 Å². The van der Waals surface area contributed by atoms with Gasteiger partial charge in [0.2, 0.25) is 0 Å². The van der Waals surface area contributed by atoms with Gasteiger partial charge in [0.25, 0.3) is 0 Å². The lowest BCUT2D eigenvalue weighted by molar-refractivity contribution is 0.528. The van der Waals surface area contributed by atoms with Crippen LogP contribution in [0.3, 0.4) is 0 Å². The molecule has 0 saturated heterocycles. The molecule has 16 heavy (non-hydrogen) atoms. The Labute approximate surface area is 106 Å². The van der Waals surface area contributed by atoms with Crippen LogP contribution in [0.5, 0.6) is 0 Å². The normalized spacial score (nSPS) is 12.3. The molecule has 1 aromatic heterocycles. The van der Waals surface area contributed by atoms with Gasteiger partial charge in [-0.05, 0) is 48.8 Å². The van der Waals surface area contributed by atoms with Gasteiger partial charge in [-0.2, -0.15) is 0 Å². The number of nitrogens with one attached hydrogen (secondary N) is 1. The molecule has 0 bridgehead atoms. The van der Waals surface area contributed by atoms with Crippen molar-refractivity contribution in [2.45, 2.75) is 25.5 Å². The van der Waals surface area contributed by atoms with Crippen LogP contribution in [0.2, 0.25) is 0 Å². The molecule has 0 fully saturated rings. The number of rotatable bonds is 1. The summed E-state index contributed by atoms with van der Waals surface area (Å²) in [6, 6.07) is 3.63. The molecule has 0 spiro atoms. The van der Waals surface area contributed by atoms with E-state index in [1.165, 1.54) is 6.21 Å². The lowest BCUT2D eigenvalue weighted by atomic mass is 10.3. The predicted octanol–water partition coefficient (Wildman–Crippen LogP) is 2.85. The molecule has 2 N–H and O–H groups in total. The molecule has 0 aliphatic heterocycles. The minimum atomic E-state index is -1.68. The molecule has 1 aromatic rings. The van der Waals surface area contributed by atoms with Gasteiger partial charge in [0, 0.05) is 16.9 Å². The first-order valence-electron chi connectivity index (χ1n) is 4.50. The smallest absolute Gasteiger partial charge is 0.158 e. The van der Waals surface area contributed by atoms with Gasteiger partial charge in [-0.1, -0.05) is 0 Å². The Balaban J connectivity index is 0.000000293. The molecular weight excluding hydrogens is 292 g/mol. The van der Waals surface area contributed by atoms with Crippen molar-refractivity contribution in [1.29, 1.82) is 5.41 Å². The van der Waals surface area contributed by atoms with Crippen LogP contribution in [0, 0.1) is 5.41 Å². The van der Waals surface area contributed by atoms with E-state index in [0.717, 1.165) is 4.47 Å². The summed E-state index contributed by atoms with van der Waals surface area (Å²) < 4.78 is 19.0. The first kappa shape index (κ1) is 15.4. The zero-order chi connectivity index (χ0) is 12.8. The number of hydrogen-bond donors (Lipinski definition) is 2. The van der Waals surface area contributed by atoms with E-state index >= 15 is 0 Å². The first-order valence-corrected chi connectivity index (χ1v) is 6.40. The summed E-state index contributed by atoms with van der Waals surface area (Å²) in [6.07, 6.45) is 2.88. The number of hydrogen-bond acceptors (Lipinski definition) is 3. The maximum Gasteiger partial charge on any atom is 0.158 e. The molecule has 0 aliphatic rings. The zero-order valence-corrected chi connectivity index (χ0v) is 11.8. The highest BCUT2D eigenvalue weighted by molar-refractivity contribution is 9.10. The molecule has 1 unspecified atom stereocenters. The van der Waals surface area contributed by atoms with Gasteiger partial charge in [0.1, 0.15) is 0 Å². The lowest BCUT2D eigenvalue weighted by Crippen LogP contribution is -2.20. The molecule has 1 rings (SSSR count). The Morgan fingerprint density at radius 3 is 2.25 bits per heavy atom. The highest BCUT2D eigenvalue weighted by atomic mass is 79.9. The molecule has 0 amide bonds. The Bertz CT molecular complexity index is 360. The van der Waals surface area contributed by atoms with Crippen LogP contribution in [-0.4, -0.2) is 24.7 Å². The van der Waals surface area contributed by atoms with E-state index in [2.05, 4.69) is 20.9 Å². The lowest BCUT2D eigenvalue weighted by Gasteiger charge is -2.10. The van der Waals surface area contributed by atoms with Crippen molar-refractivity contribution in [3.63, 3.8) is 0 Å². The van der Waals surface area contributed by atoms with Crippen LogP contribution >= 0.6 is 15.9 Å². The fraction of sp³-hybridized carbons (Fsp3) is 0.400. The molecule has 4 nitrogen and oxygen atoms in total. The van der Waals surface area contributed by atoms with Crippen molar-refractivity contribution in [1.82, 2.24) is 4.98 Å². The standard InChI is InChI=1S/C6H5BrN2.C4H10O2S/c7-5-1-2-6(3-8)9-4-5;1-4(2,3)7(5)6/h1-4,8H;1-3H3,(H,5,6). The Hall–Kier alpha value is -0.590. The van der Waals surface area contributed by atoms with Gasteiger partial charge in [0.05, 0.1) is 10.4 Å². The highest BCUT2D eigenvalue weighted by Gasteiger charge is 2.16. The van der Waals surface area contributed by atoms with E-state index in [-0.39, 0.29) is 0 Å². The third kappa shape index (κ3) is 6.81. The summed E-state index contributed by atoms with van der Waals surface area (Å²) >= 11 is 1.55. The number of halogens is 1. The number of nitrogens with zero attached hydrogens (tertiary/aromatic N) is 1. The molecule has 6 heteroatoms. The minimum absolute atomic E-state index is 0.472. The molecule has 0 radical (unpaired) electrons. The summed E-state index contributed by atoms with van der Waals surface area (Å²) in [5.74, 6) is 0. The summed E-state index contributed by atoms with van der Waals surface area (Å²) in [5, 5.41) is 6.81. The average Bonchev–Trinajstić information content (AvgIpc) is 2.18. The van der Waals surface area contributed by atoms with E-state index in [9.17, 15) is 4.21 Å². The van der Waals surface area contributed by atoms with E-state index in [1.54, 1.807) is 33.0 Å². The van der Waals surface area contributed by atoms with Gasteiger partial charge in [-0.3, -0.25) is 4.98 Å². The Morgan fingerprint density at radius 1 is 1.50 bits per heavy atom. The zero-order valence-electron chi connectivity index (χ0n) is 9.40. The van der Waals surface area contributed by atoms with Crippen LogP contribution in [-0.2, 0) is 11.1 Å². The maximum atomic E-state index is 10.1. The maximum absolute atomic E-state index is 10.1. The largest absolute Gasteiger partial charge is 0.307 e. The van der Waals surface area contributed by atoms with E-state index in [0.29, 0.717) is 5.69 Å². The van der Waals surface area contributed by atoms with Crippen molar-refractivity contribution in [3.05, 3.63) is 28.5 Å². The molecule has 90 valence electrons. The Morgan fingerprint density at radius 2 is 2.00 bits per heavy atom. The Kier molecular flexibility index (Phi) is 6.62. The van der Waals surface area contributed by atoms with Crippen LogP contribution in [0.25, 0.3) is 0 Å². The van der Waals surface area contributed by atoms with Gasteiger partial charge >= 0.3 is 0 Å². The fourth-order valence-electron chi connectivity index (χ4n) is 0.473. The van der Waals surface area contributed by atoms with Gasteiger partial charge in [-0.25, -0.2) is 4.21 Å². The third-order valence-corrected chi connectivity index (χ3v) is 2.94. The highest BCUT2D eigenvalue weighted by Crippen LogP contribution is 2.07. The summed E-state index contributed by atoms with van der Waals surface area (Å²) in [7, 11) is 0. The average molecular weight is 307 g/mol.